The Morgan fingerprint density at radius 1 is 1.14 bits per heavy atom. The molecule has 2 nitrogen and oxygen atoms in total. The molecule has 1 N–H and O–H groups in total. The van der Waals surface area contributed by atoms with Gasteiger partial charge in [0.1, 0.15) is 0 Å². The van der Waals surface area contributed by atoms with Gasteiger partial charge >= 0.3 is 0 Å². The third-order valence-corrected chi connectivity index (χ3v) is 14.2. The summed E-state index contributed by atoms with van der Waals surface area (Å²) in [5, 5.41) is 10.4. The number of aliphatic hydroxyl groups is 1. The highest BCUT2D eigenvalue weighted by atomic mass is 127. The molecule has 2 saturated carbocycles. The molecule has 0 aromatic carbocycles. The summed E-state index contributed by atoms with van der Waals surface area (Å²) in [7, 11) is -1.71. The average molecular weight is 523 g/mol. The first-order valence-electron chi connectivity index (χ1n) is 11.7. The van der Waals surface area contributed by atoms with Gasteiger partial charge in [0.25, 0.3) is 0 Å². The predicted molar refractivity (Wildman–Crippen MR) is 133 cm³/mol. The number of fused-ring (bicyclic) bond motifs is 1. The van der Waals surface area contributed by atoms with Crippen molar-refractivity contribution in [3.63, 3.8) is 0 Å². The van der Waals surface area contributed by atoms with E-state index in [2.05, 4.69) is 63.4 Å². The maximum absolute atomic E-state index is 10.1. The summed E-state index contributed by atoms with van der Waals surface area (Å²) < 4.78 is 8.27. The van der Waals surface area contributed by atoms with Crippen molar-refractivity contribution < 1.29 is 9.53 Å². The standard InChI is InChI=1S/C24H47IO2Si/c1-22(2,3)28(7,8)27-21-12-10-16-24(6)19(13-14-20(21)24)18(17-25)11-9-15-23(4,5)26/h18-21,26H,9-17H2,1-8H3/t18-,19-,20+,21+,24-/m1/s1. The molecule has 0 aliphatic heterocycles. The molecule has 2 aliphatic carbocycles. The van der Waals surface area contributed by atoms with Crippen molar-refractivity contribution in [2.45, 2.75) is 123 Å². The van der Waals surface area contributed by atoms with Crippen LogP contribution in [0.25, 0.3) is 0 Å². The van der Waals surface area contributed by atoms with Crippen LogP contribution in [0.15, 0.2) is 0 Å². The lowest BCUT2D eigenvalue weighted by atomic mass is 9.61. The summed E-state index contributed by atoms with van der Waals surface area (Å²) in [6, 6.07) is 0. The number of halogens is 1. The first-order chi connectivity index (χ1) is 12.7. The molecule has 166 valence electrons. The number of rotatable bonds is 8. The van der Waals surface area contributed by atoms with E-state index in [4.69, 9.17) is 4.43 Å². The molecule has 0 radical (unpaired) electrons. The zero-order valence-corrected chi connectivity index (χ0v) is 23.1. The third-order valence-electron chi connectivity index (χ3n) is 8.52. The van der Waals surface area contributed by atoms with Crippen LogP contribution < -0.4 is 0 Å². The molecule has 0 bridgehead atoms. The van der Waals surface area contributed by atoms with E-state index in [1.165, 1.54) is 43.0 Å². The van der Waals surface area contributed by atoms with Crippen LogP contribution >= 0.6 is 22.6 Å². The van der Waals surface area contributed by atoms with Crippen LogP contribution in [-0.2, 0) is 4.43 Å². The summed E-state index contributed by atoms with van der Waals surface area (Å²) in [4.78, 5) is 0. The maximum atomic E-state index is 10.1. The molecule has 0 aromatic heterocycles. The van der Waals surface area contributed by atoms with Crippen molar-refractivity contribution in [1.82, 2.24) is 0 Å². The van der Waals surface area contributed by atoms with Gasteiger partial charge in [-0.05, 0) is 93.7 Å². The zero-order valence-electron chi connectivity index (χ0n) is 19.9. The van der Waals surface area contributed by atoms with Gasteiger partial charge in [-0.15, -0.1) is 0 Å². The molecule has 0 saturated heterocycles. The fourth-order valence-corrected chi connectivity index (χ4v) is 8.26. The van der Waals surface area contributed by atoms with Crippen molar-refractivity contribution >= 4 is 30.9 Å². The molecular weight excluding hydrogens is 475 g/mol. The van der Waals surface area contributed by atoms with E-state index < -0.39 is 13.9 Å². The highest BCUT2D eigenvalue weighted by Crippen LogP contribution is 2.59. The molecule has 28 heavy (non-hydrogen) atoms. The van der Waals surface area contributed by atoms with Gasteiger partial charge in [0.15, 0.2) is 8.32 Å². The first kappa shape index (κ1) is 25.1. The molecule has 4 heteroatoms. The minimum absolute atomic E-state index is 0.292. The van der Waals surface area contributed by atoms with Crippen LogP contribution in [0.5, 0.6) is 0 Å². The fourth-order valence-electron chi connectivity index (χ4n) is 5.81. The minimum atomic E-state index is -1.71. The highest BCUT2D eigenvalue weighted by Gasteiger charge is 2.54. The topological polar surface area (TPSA) is 29.5 Å². The quantitative estimate of drug-likeness (QED) is 0.202. The third kappa shape index (κ3) is 5.76. The second-order valence-electron chi connectivity index (χ2n) is 12.2. The normalized spacial score (nSPS) is 33.0. The molecule has 5 atom stereocenters. The van der Waals surface area contributed by atoms with E-state index in [9.17, 15) is 5.11 Å². The molecule has 0 spiro atoms. The summed E-state index contributed by atoms with van der Waals surface area (Å²) in [5.41, 5.74) is -0.0687. The van der Waals surface area contributed by atoms with Crippen molar-refractivity contribution in [1.29, 1.82) is 0 Å². The Hall–Kier alpha value is 0.867. The van der Waals surface area contributed by atoms with E-state index in [1.807, 2.05) is 13.8 Å². The van der Waals surface area contributed by atoms with Crippen molar-refractivity contribution in [3.8, 4) is 0 Å². The smallest absolute Gasteiger partial charge is 0.192 e. The Morgan fingerprint density at radius 2 is 1.79 bits per heavy atom. The van der Waals surface area contributed by atoms with Gasteiger partial charge in [-0.1, -0.05) is 63.1 Å². The second-order valence-corrected chi connectivity index (χ2v) is 17.9. The van der Waals surface area contributed by atoms with Crippen LogP contribution in [0.3, 0.4) is 0 Å². The average Bonchev–Trinajstić information content (AvgIpc) is 2.87. The molecule has 0 unspecified atom stereocenters. The Bertz CT molecular complexity index is 508. The van der Waals surface area contributed by atoms with E-state index in [0.717, 1.165) is 30.6 Å². The Labute approximate surface area is 190 Å². The lowest BCUT2D eigenvalue weighted by Gasteiger charge is -2.50. The minimum Gasteiger partial charge on any atom is -0.414 e. The van der Waals surface area contributed by atoms with Crippen LogP contribution in [-0.4, -0.2) is 29.6 Å². The Kier molecular flexibility index (Phi) is 8.22. The largest absolute Gasteiger partial charge is 0.414 e. The van der Waals surface area contributed by atoms with E-state index in [-0.39, 0.29) is 0 Å². The SMILES string of the molecule is CC(C)(O)CCC[C@H](CI)[C@H]1CC[C@H]2[C@@H](O[Si](C)(C)C(C)(C)C)CCC[C@]12C. The molecule has 0 aromatic rings. The Morgan fingerprint density at radius 3 is 2.32 bits per heavy atom. The van der Waals surface area contributed by atoms with Crippen LogP contribution in [0.2, 0.25) is 18.1 Å². The van der Waals surface area contributed by atoms with Gasteiger partial charge in [-0.25, -0.2) is 0 Å². The molecule has 2 rings (SSSR count). The van der Waals surface area contributed by atoms with Crippen LogP contribution in [0.4, 0.5) is 0 Å². The number of hydrogen-bond acceptors (Lipinski definition) is 2. The zero-order chi connectivity index (χ0) is 21.4. The van der Waals surface area contributed by atoms with Crippen molar-refractivity contribution in [2.75, 3.05) is 4.43 Å². The van der Waals surface area contributed by atoms with Gasteiger partial charge < -0.3 is 9.53 Å². The Balaban J connectivity index is 2.09. The van der Waals surface area contributed by atoms with Gasteiger partial charge in [-0.2, -0.15) is 0 Å². The molecule has 0 heterocycles. The van der Waals surface area contributed by atoms with Crippen molar-refractivity contribution in [3.05, 3.63) is 0 Å². The number of hydrogen-bond donors (Lipinski definition) is 1. The summed E-state index contributed by atoms with van der Waals surface area (Å²) in [6.45, 7) is 18.5. The predicted octanol–water partition coefficient (Wildman–Crippen LogP) is 7.59. The molecule has 0 amide bonds. The first-order valence-corrected chi connectivity index (χ1v) is 16.1. The lowest BCUT2D eigenvalue weighted by Crippen LogP contribution is -2.50. The van der Waals surface area contributed by atoms with Gasteiger partial charge in [0, 0.05) is 10.5 Å². The molecular formula is C24H47IO2Si. The summed E-state index contributed by atoms with van der Waals surface area (Å²) in [5.74, 6) is 2.38. The number of alkyl halides is 1. The molecule has 2 fully saturated rings. The maximum Gasteiger partial charge on any atom is 0.192 e. The van der Waals surface area contributed by atoms with Gasteiger partial charge in [-0.3, -0.25) is 0 Å². The van der Waals surface area contributed by atoms with Gasteiger partial charge in [0.2, 0.25) is 0 Å². The highest BCUT2D eigenvalue weighted by molar-refractivity contribution is 14.1. The summed E-state index contributed by atoms with van der Waals surface area (Å²) in [6.07, 6.45) is 10.6. The van der Waals surface area contributed by atoms with Crippen LogP contribution in [0, 0.1) is 23.2 Å². The monoisotopic (exact) mass is 522 g/mol. The molecule has 2 aliphatic rings. The van der Waals surface area contributed by atoms with Crippen LogP contribution in [0.1, 0.15) is 92.9 Å². The van der Waals surface area contributed by atoms with E-state index in [1.54, 1.807) is 0 Å². The van der Waals surface area contributed by atoms with Crippen molar-refractivity contribution in [2.24, 2.45) is 23.2 Å². The summed E-state index contributed by atoms with van der Waals surface area (Å²) >= 11 is 2.62. The van der Waals surface area contributed by atoms with Gasteiger partial charge in [0.05, 0.1) is 5.60 Å². The van der Waals surface area contributed by atoms with E-state index in [0.29, 0.717) is 16.6 Å². The second kappa shape index (κ2) is 9.16. The van der Waals surface area contributed by atoms with E-state index >= 15 is 0 Å². The fraction of sp³-hybridized carbons (Fsp3) is 1.00. The lowest BCUT2D eigenvalue weighted by molar-refractivity contribution is -0.0211.